The van der Waals surface area contributed by atoms with Gasteiger partial charge in [-0.25, -0.2) is 0 Å². The molecule has 0 bridgehead atoms. The second-order valence-corrected chi connectivity index (χ2v) is 4.24. The van der Waals surface area contributed by atoms with Crippen LogP contribution in [-0.4, -0.2) is 15.2 Å². The number of nitrogens with zero attached hydrogens (tertiary/aromatic N) is 2. The van der Waals surface area contributed by atoms with Crippen molar-refractivity contribution in [3.63, 3.8) is 0 Å². The molecule has 0 unspecified atom stereocenters. The smallest absolute Gasteiger partial charge is 0.0705 e. The molecule has 3 rings (SSSR count). The SMILES string of the molecule is c1cnc2cc(CNCc3cn[nH]c3)ccc2c1. The van der Waals surface area contributed by atoms with Crippen LogP contribution in [0.4, 0.5) is 0 Å². The van der Waals surface area contributed by atoms with Gasteiger partial charge in [0.25, 0.3) is 0 Å². The molecule has 0 saturated heterocycles. The van der Waals surface area contributed by atoms with E-state index in [4.69, 9.17) is 0 Å². The molecule has 4 heteroatoms. The monoisotopic (exact) mass is 238 g/mol. The minimum Gasteiger partial charge on any atom is -0.309 e. The van der Waals surface area contributed by atoms with Gasteiger partial charge in [-0.3, -0.25) is 10.1 Å². The van der Waals surface area contributed by atoms with Crippen molar-refractivity contribution >= 4 is 10.9 Å². The zero-order chi connectivity index (χ0) is 12.2. The summed E-state index contributed by atoms with van der Waals surface area (Å²) in [7, 11) is 0. The van der Waals surface area contributed by atoms with Crippen LogP contribution in [0.1, 0.15) is 11.1 Å². The Morgan fingerprint density at radius 2 is 2.06 bits per heavy atom. The van der Waals surface area contributed by atoms with E-state index < -0.39 is 0 Å². The first-order valence-corrected chi connectivity index (χ1v) is 5.94. The van der Waals surface area contributed by atoms with Crippen molar-refractivity contribution in [1.29, 1.82) is 0 Å². The Balaban J connectivity index is 1.67. The van der Waals surface area contributed by atoms with E-state index in [9.17, 15) is 0 Å². The average molecular weight is 238 g/mol. The van der Waals surface area contributed by atoms with Crippen LogP contribution >= 0.6 is 0 Å². The van der Waals surface area contributed by atoms with Crippen molar-refractivity contribution < 1.29 is 0 Å². The molecular formula is C14H14N4. The molecule has 1 aromatic carbocycles. The molecule has 4 nitrogen and oxygen atoms in total. The van der Waals surface area contributed by atoms with E-state index in [1.807, 2.05) is 24.7 Å². The molecule has 2 N–H and O–H groups in total. The standard InChI is InChI=1S/C14H14N4/c1-2-13-4-3-11(6-14(13)16-5-1)7-15-8-12-9-17-18-10-12/h1-6,9-10,15H,7-8H2,(H,17,18). The van der Waals surface area contributed by atoms with Crippen LogP contribution in [0.3, 0.4) is 0 Å². The van der Waals surface area contributed by atoms with Gasteiger partial charge in [-0.2, -0.15) is 5.10 Å². The first-order valence-electron chi connectivity index (χ1n) is 5.94. The van der Waals surface area contributed by atoms with E-state index in [2.05, 4.69) is 44.8 Å². The van der Waals surface area contributed by atoms with Gasteiger partial charge in [-0.15, -0.1) is 0 Å². The van der Waals surface area contributed by atoms with Crippen LogP contribution in [0.2, 0.25) is 0 Å². The Morgan fingerprint density at radius 1 is 1.11 bits per heavy atom. The van der Waals surface area contributed by atoms with Crippen molar-refractivity contribution in [3.05, 3.63) is 60.0 Å². The van der Waals surface area contributed by atoms with Crippen LogP contribution in [0.15, 0.2) is 48.9 Å². The van der Waals surface area contributed by atoms with Crippen molar-refractivity contribution in [3.8, 4) is 0 Å². The molecule has 0 radical (unpaired) electrons. The van der Waals surface area contributed by atoms with E-state index in [1.165, 1.54) is 10.9 Å². The third kappa shape index (κ3) is 2.38. The Morgan fingerprint density at radius 3 is 2.94 bits per heavy atom. The zero-order valence-electron chi connectivity index (χ0n) is 9.93. The first kappa shape index (κ1) is 10.9. The number of pyridine rings is 1. The average Bonchev–Trinajstić information content (AvgIpc) is 2.92. The summed E-state index contributed by atoms with van der Waals surface area (Å²) in [4.78, 5) is 4.36. The minimum atomic E-state index is 0.816. The minimum absolute atomic E-state index is 0.816. The molecule has 0 fully saturated rings. The highest BCUT2D eigenvalue weighted by Crippen LogP contribution is 2.13. The molecule has 2 heterocycles. The molecule has 0 atom stereocenters. The lowest BCUT2D eigenvalue weighted by atomic mass is 10.1. The largest absolute Gasteiger partial charge is 0.309 e. The highest BCUT2D eigenvalue weighted by atomic mass is 15.1. The van der Waals surface area contributed by atoms with Crippen LogP contribution in [0, 0.1) is 0 Å². The molecule has 18 heavy (non-hydrogen) atoms. The highest BCUT2D eigenvalue weighted by Gasteiger charge is 1.98. The normalized spacial score (nSPS) is 10.9. The summed E-state index contributed by atoms with van der Waals surface area (Å²) < 4.78 is 0. The molecule has 0 saturated carbocycles. The summed E-state index contributed by atoms with van der Waals surface area (Å²) in [5.41, 5.74) is 3.44. The van der Waals surface area contributed by atoms with Gasteiger partial charge in [-0.1, -0.05) is 18.2 Å². The lowest BCUT2D eigenvalue weighted by Crippen LogP contribution is -2.12. The number of hydrogen-bond donors (Lipinski definition) is 2. The Labute approximate surface area is 105 Å². The van der Waals surface area contributed by atoms with Crippen LogP contribution in [0.25, 0.3) is 10.9 Å². The van der Waals surface area contributed by atoms with Gasteiger partial charge in [-0.05, 0) is 17.7 Å². The van der Waals surface area contributed by atoms with E-state index >= 15 is 0 Å². The maximum Gasteiger partial charge on any atom is 0.0705 e. The van der Waals surface area contributed by atoms with Crippen molar-refractivity contribution in [2.24, 2.45) is 0 Å². The summed E-state index contributed by atoms with van der Waals surface area (Å²) in [5.74, 6) is 0. The predicted octanol–water partition coefficient (Wildman–Crippen LogP) is 2.25. The lowest BCUT2D eigenvalue weighted by molar-refractivity contribution is 0.694. The van der Waals surface area contributed by atoms with Gasteiger partial charge in [0.2, 0.25) is 0 Å². The highest BCUT2D eigenvalue weighted by molar-refractivity contribution is 5.78. The fraction of sp³-hybridized carbons (Fsp3) is 0.143. The Kier molecular flexibility index (Phi) is 3.02. The summed E-state index contributed by atoms with van der Waals surface area (Å²) in [5, 5.41) is 11.3. The fourth-order valence-corrected chi connectivity index (χ4v) is 1.95. The molecule has 0 aliphatic heterocycles. The number of aromatic amines is 1. The van der Waals surface area contributed by atoms with Gasteiger partial charge < -0.3 is 5.32 Å². The van der Waals surface area contributed by atoms with Crippen molar-refractivity contribution in [2.75, 3.05) is 0 Å². The molecule has 0 amide bonds. The second kappa shape index (κ2) is 4.98. The number of aromatic nitrogens is 3. The summed E-state index contributed by atoms with van der Waals surface area (Å²) in [6.45, 7) is 1.65. The van der Waals surface area contributed by atoms with Crippen molar-refractivity contribution in [1.82, 2.24) is 20.5 Å². The quantitative estimate of drug-likeness (QED) is 0.733. The number of rotatable bonds is 4. The van der Waals surface area contributed by atoms with Gasteiger partial charge in [0.05, 0.1) is 11.7 Å². The van der Waals surface area contributed by atoms with Crippen LogP contribution in [0.5, 0.6) is 0 Å². The zero-order valence-corrected chi connectivity index (χ0v) is 9.93. The van der Waals surface area contributed by atoms with E-state index in [0.717, 1.165) is 24.2 Å². The third-order valence-corrected chi connectivity index (χ3v) is 2.88. The molecule has 90 valence electrons. The maximum absolute atomic E-state index is 4.36. The maximum atomic E-state index is 4.36. The van der Waals surface area contributed by atoms with Crippen LogP contribution in [-0.2, 0) is 13.1 Å². The number of nitrogens with one attached hydrogen (secondary N) is 2. The molecule has 0 aliphatic carbocycles. The lowest BCUT2D eigenvalue weighted by Gasteiger charge is -2.04. The number of hydrogen-bond acceptors (Lipinski definition) is 3. The Hall–Kier alpha value is -2.20. The fourth-order valence-electron chi connectivity index (χ4n) is 1.95. The van der Waals surface area contributed by atoms with Gasteiger partial charge in [0, 0.05) is 36.4 Å². The number of H-pyrrole nitrogens is 1. The topological polar surface area (TPSA) is 53.6 Å². The summed E-state index contributed by atoms with van der Waals surface area (Å²) in [6, 6.07) is 10.4. The Bertz CT molecular complexity index is 631. The van der Waals surface area contributed by atoms with E-state index in [-0.39, 0.29) is 0 Å². The molecule has 3 aromatic rings. The van der Waals surface area contributed by atoms with Crippen LogP contribution < -0.4 is 5.32 Å². The summed E-state index contributed by atoms with van der Waals surface area (Å²) >= 11 is 0. The van der Waals surface area contributed by atoms with Crippen molar-refractivity contribution in [2.45, 2.75) is 13.1 Å². The van der Waals surface area contributed by atoms with E-state index in [0.29, 0.717) is 0 Å². The van der Waals surface area contributed by atoms with Gasteiger partial charge in [0.15, 0.2) is 0 Å². The molecule has 2 aromatic heterocycles. The number of benzene rings is 1. The van der Waals surface area contributed by atoms with E-state index in [1.54, 1.807) is 0 Å². The first-order chi connectivity index (χ1) is 8.92. The van der Waals surface area contributed by atoms with Gasteiger partial charge in [0.1, 0.15) is 0 Å². The summed E-state index contributed by atoms with van der Waals surface area (Å²) in [6.07, 6.45) is 5.55. The third-order valence-electron chi connectivity index (χ3n) is 2.88. The molecular weight excluding hydrogens is 224 g/mol. The second-order valence-electron chi connectivity index (χ2n) is 4.24. The molecule has 0 aliphatic rings. The number of fused-ring (bicyclic) bond motifs is 1. The molecule has 0 spiro atoms. The predicted molar refractivity (Wildman–Crippen MR) is 70.9 cm³/mol. The van der Waals surface area contributed by atoms with Gasteiger partial charge >= 0.3 is 0 Å².